The molecule has 1 saturated heterocycles. The zero-order valence-corrected chi connectivity index (χ0v) is 12.0. The van der Waals surface area contributed by atoms with Crippen LogP contribution in [0.4, 0.5) is 0 Å². The lowest BCUT2D eigenvalue weighted by molar-refractivity contribution is 0.0440. The van der Waals surface area contributed by atoms with Crippen molar-refractivity contribution in [3.05, 3.63) is 0 Å². The maximum absolute atomic E-state index is 6.38. The summed E-state index contributed by atoms with van der Waals surface area (Å²) in [4.78, 5) is 2.74. The van der Waals surface area contributed by atoms with Gasteiger partial charge in [-0.3, -0.25) is 4.90 Å². The standard InChI is InChI=1S/C16H30N2/c1-13-4-5-14(17)15(12-13)18-10-8-16(9-11-18)6-2-3-7-16/h13-15H,2-12,17H2,1H3. The lowest BCUT2D eigenvalue weighted by atomic mass is 9.75. The molecule has 0 radical (unpaired) electrons. The Balaban J connectivity index is 1.58. The summed E-state index contributed by atoms with van der Waals surface area (Å²) < 4.78 is 0. The third-order valence-electron chi connectivity index (χ3n) is 6.12. The largest absolute Gasteiger partial charge is 0.326 e. The van der Waals surface area contributed by atoms with Crippen molar-refractivity contribution in [1.29, 1.82) is 0 Å². The van der Waals surface area contributed by atoms with E-state index in [2.05, 4.69) is 11.8 Å². The van der Waals surface area contributed by atoms with Crippen LogP contribution in [-0.2, 0) is 0 Å². The summed E-state index contributed by atoms with van der Waals surface area (Å²) in [5, 5.41) is 0. The first kappa shape index (κ1) is 12.9. The SMILES string of the molecule is CC1CCC(N)C(N2CCC3(CCCC3)CC2)C1. The average molecular weight is 250 g/mol. The minimum Gasteiger partial charge on any atom is -0.326 e. The summed E-state index contributed by atoms with van der Waals surface area (Å²) in [5.41, 5.74) is 7.13. The van der Waals surface area contributed by atoms with Gasteiger partial charge in [0.1, 0.15) is 0 Å². The van der Waals surface area contributed by atoms with Gasteiger partial charge in [-0.05, 0) is 69.4 Å². The van der Waals surface area contributed by atoms with Gasteiger partial charge in [-0.2, -0.15) is 0 Å². The summed E-state index contributed by atoms with van der Waals surface area (Å²) >= 11 is 0. The lowest BCUT2D eigenvalue weighted by Crippen LogP contribution is -2.54. The zero-order valence-electron chi connectivity index (χ0n) is 12.0. The molecule has 0 aromatic carbocycles. The molecule has 2 nitrogen and oxygen atoms in total. The maximum Gasteiger partial charge on any atom is 0.0249 e. The molecule has 0 aromatic heterocycles. The summed E-state index contributed by atoms with van der Waals surface area (Å²) in [6.07, 6.45) is 12.8. The van der Waals surface area contributed by atoms with Crippen molar-refractivity contribution in [2.75, 3.05) is 13.1 Å². The molecule has 2 aliphatic carbocycles. The summed E-state index contributed by atoms with van der Waals surface area (Å²) in [7, 11) is 0. The number of hydrogen-bond acceptors (Lipinski definition) is 2. The van der Waals surface area contributed by atoms with Gasteiger partial charge in [-0.25, -0.2) is 0 Å². The van der Waals surface area contributed by atoms with Crippen molar-refractivity contribution in [3.63, 3.8) is 0 Å². The van der Waals surface area contributed by atoms with Crippen LogP contribution in [0.2, 0.25) is 0 Å². The van der Waals surface area contributed by atoms with E-state index < -0.39 is 0 Å². The molecule has 1 spiro atoms. The summed E-state index contributed by atoms with van der Waals surface area (Å²) in [6, 6.07) is 1.13. The molecule has 3 fully saturated rings. The molecule has 3 rings (SSSR count). The number of nitrogens with zero attached hydrogens (tertiary/aromatic N) is 1. The molecule has 3 aliphatic rings. The molecule has 1 heterocycles. The van der Waals surface area contributed by atoms with Gasteiger partial charge in [-0.15, -0.1) is 0 Å². The molecule has 2 N–H and O–H groups in total. The van der Waals surface area contributed by atoms with Gasteiger partial charge in [0, 0.05) is 12.1 Å². The van der Waals surface area contributed by atoms with Crippen LogP contribution in [0.1, 0.15) is 64.7 Å². The second-order valence-corrected chi connectivity index (χ2v) is 7.39. The van der Waals surface area contributed by atoms with E-state index in [4.69, 9.17) is 5.73 Å². The number of hydrogen-bond donors (Lipinski definition) is 1. The van der Waals surface area contributed by atoms with E-state index in [0.29, 0.717) is 12.1 Å². The monoisotopic (exact) mass is 250 g/mol. The van der Waals surface area contributed by atoms with E-state index in [1.165, 1.54) is 70.9 Å². The highest BCUT2D eigenvalue weighted by molar-refractivity contribution is 4.95. The normalized spacial score (nSPS) is 41.3. The van der Waals surface area contributed by atoms with Gasteiger partial charge < -0.3 is 5.73 Å². The smallest absolute Gasteiger partial charge is 0.0249 e. The second-order valence-electron chi connectivity index (χ2n) is 7.39. The van der Waals surface area contributed by atoms with Crippen LogP contribution < -0.4 is 5.73 Å². The average Bonchev–Trinajstić information content (AvgIpc) is 2.82. The van der Waals surface area contributed by atoms with E-state index in [1.807, 2.05) is 0 Å². The van der Waals surface area contributed by atoms with Crippen molar-refractivity contribution in [2.24, 2.45) is 17.1 Å². The lowest BCUT2D eigenvalue weighted by Gasteiger charge is -2.46. The molecule has 2 heteroatoms. The van der Waals surface area contributed by atoms with Crippen LogP contribution in [0.5, 0.6) is 0 Å². The van der Waals surface area contributed by atoms with Gasteiger partial charge in [0.2, 0.25) is 0 Å². The van der Waals surface area contributed by atoms with Crippen LogP contribution in [0.15, 0.2) is 0 Å². The minimum atomic E-state index is 0.443. The topological polar surface area (TPSA) is 29.3 Å². The fourth-order valence-corrected chi connectivity index (χ4v) is 4.75. The molecule has 1 aliphatic heterocycles. The van der Waals surface area contributed by atoms with Crippen LogP contribution in [-0.4, -0.2) is 30.1 Å². The fraction of sp³-hybridized carbons (Fsp3) is 1.00. The first-order valence-corrected chi connectivity index (χ1v) is 8.18. The van der Waals surface area contributed by atoms with Crippen LogP contribution in [0.3, 0.4) is 0 Å². The highest BCUT2D eigenvalue weighted by Crippen LogP contribution is 2.46. The molecular formula is C16H30N2. The van der Waals surface area contributed by atoms with Crippen LogP contribution in [0, 0.1) is 11.3 Å². The third-order valence-corrected chi connectivity index (χ3v) is 6.12. The highest BCUT2D eigenvalue weighted by Gasteiger charge is 2.40. The van der Waals surface area contributed by atoms with Crippen LogP contribution in [0.25, 0.3) is 0 Å². The van der Waals surface area contributed by atoms with Crippen molar-refractivity contribution in [3.8, 4) is 0 Å². The number of piperidine rings is 1. The Bertz CT molecular complexity index is 273. The first-order valence-electron chi connectivity index (χ1n) is 8.18. The van der Waals surface area contributed by atoms with Gasteiger partial charge in [-0.1, -0.05) is 19.8 Å². The Morgan fingerprint density at radius 3 is 2.33 bits per heavy atom. The molecule has 0 aromatic rings. The molecule has 18 heavy (non-hydrogen) atoms. The highest BCUT2D eigenvalue weighted by atomic mass is 15.2. The molecule has 104 valence electrons. The summed E-state index contributed by atoms with van der Waals surface area (Å²) in [6.45, 7) is 5.05. The quantitative estimate of drug-likeness (QED) is 0.774. The number of nitrogens with two attached hydrogens (primary N) is 1. The number of likely N-dealkylation sites (tertiary alicyclic amines) is 1. The third kappa shape index (κ3) is 2.46. The Morgan fingerprint density at radius 1 is 1.00 bits per heavy atom. The van der Waals surface area contributed by atoms with Gasteiger partial charge >= 0.3 is 0 Å². The Morgan fingerprint density at radius 2 is 1.67 bits per heavy atom. The maximum atomic E-state index is 6.38. The Labute approximate surface area is 112 Å². The number of rotatable bonds is 1. The van der Waals surface area contributed by atoms with Gasteiger partial charge in [0.05, 0.1) is 0 Å². The predicted molar refractivity (Wildman–Crippen MR) is 76.5 cm³/mol. The van der Waals surface area contributed by atoms with Crippen molar-refractivity contribution >= 4 is 0 Å². The molecule has 3 unspecified atom stereocenters. The van der Waals surface area contributed by atoms with Gasteiger partial charge in [0.25, 0.3) is 0 Å². The zero-order chi connectivity index (χ0) is 12.6. The minimum absolute atomic E-state index is 0.443. The second kappa shape index (κ2) is 5.13. The first-order chi connectivity index (χ1) is 8.69. The molecular weight excluding hydrogens is 220 g/mol. The summed E-state index contributed by atoms with van der Waals surface area (Å²) in [5.74, 6) is 0.886. The van der Waals surface area contributed by atoms with Gasteiger partial charge in [0.15, 0.2) is 0 Å². The van der Waals surface area contributed by atoms with Crippen molar-refractivity contribution in [1.82, 2.24) is 4.90 Å². The van der Waals surface area contributed by atoms with E-state index in [-0.39, 0.29) is 0 Å². The van der Waals surface area contributed by atoms with Crippen molar-refractivity contribution < 1.29 is 0 Å². The fourth-order valence-electron chi connectivity index (χ4n) is 4.75. The predicted octanol–water partition coefficient (Wildman–Crippen LogP) is 3.16. The molecule has 0 amide bonds. The van der Waals surface area contributed by atoms with Crippen molar-refractivity contribution in [2.45, 2.75) is 76.8 Å². The molecule has 3 atom stereocenters. The molecule has 0 bridgehead atoms. The van der Waals surface area contributed by atoms with E-state index in [0.717, 1.165) is 11.3 Å². The molecule has 2 saturated carbocycles. The Kier molecular flexibility index (Phi) is 3.68. The van der Waals surface area contributed by atoms with E-state index >= 15 is 0 Å². The van der Waals surface area contributed by atoms with E-state index in [1.54, 1.807) is 0 Å². The van der Waals surface area contributed by atoms with Crippen LogP contribution >= 0.6 is 0 Å². The van der Waals surface area contributed by atoms with E-state index in [9.17, 15) is 0 Å². The Hall–Kier alpha value is -0.0800.